The smallest absolute Gasteiger partial charge is 0.219 e. The van der Waals surface area contributed by atoms with Crippen molar-refractivity contribution >= 4 is 23.0 Å². The number of nitrogens with zero attached hydrogens (tertiary/aromatic N) is 2. The Morgan fingerprint density at radius 2 is 1.62 bits per heavy atom. The zero-order valence-corrected chi connectivity index (χ0v) is 13.9. The highest BCUT2D eigenvalue weighted by atomic mass is 16.3. The van der Waals surface area contributed by atoms with Crippen molar-refractivity contribution in [1.29, 1.82) is 0 Å². The van der Waals surface area contributed by atoms with Crippen LogP contribution in [0.1, 0.15) is 0 Å². The van der Waals surface area contributed by atoms with Crippen LogP contribution in [0.25, 0.3) is 22.3 Å². The summed E-state index contributed by atoms with van der Waals surface area (Å²) in [5.41, 5.74) is 18.1. The molecule has 0 atom stereocenters. The Morgan fingerprint density at radius 3 is 2.35 bits per heavy atom. The third kappa shape index (κ3) is 3.21. The van der Waals surface area contributed by atoms with Crippen molar-refractivity contribution in [2.45, 2.75) is 0 Å². The fraction of sp³-hybridized carbons (Fsp3) is 0. The average molecular weight is 343 g/mol. The van der Waals surface area contributed by atoms with E-state index in [4.69, 9.17) is 15.9 Å². The summed E-state index contributed by atoms with van der Waals surface area (Å²) in [4.78, 5) is 8.07. The SMILES string of the molecule is Nc1ncc(-c2cccc(Nc3ccc(-c4ccoc4)cc3N)c2)cn1. The molecule has 0 amide bonds. The van der Waals surface area contributed by atoms with Crippen LogP contribution in [0.5, 0.6) is 0 Å². The van der Waals surface area contributed by atoms with Crippen LogP contribution in [-0.4, -0.2) is 9.97 Å². The molecular formula is C20H17N5O. The van der Waals surface area contributed by atoms with E-state index in [0.717, 1.165) is 33.6 Å². The molecule has 128 valence electrons. The Kier molecular flexibility index (Phi) is 3.99. The number of hydrogen-bond donors (Lipinski definition) is 3. The number of nitrogen functional groups attached to an aromatic ring is 2. The summed E-state index contributed by atoms with van der Waals surface area (Å²) < 4.78 is 5.12. The first-order valence-electron chi connectivity index (χ1n) is 8.06. The zero-order chi connectivity index (χ0) is 17.9. The van der Waals surface area contributed by atoms with Crippen LogP contribution in [0.4, 0.5) is 23.0 Å². The molecule has 0 fully saturated rings. The number of anilines is 4. The summed E-state index contributed by atoms with van der Waals surface area (Å²) in [6.45, 7) is 0. The highest BCUT2D eigenvalue weighted by Crippen LogP contribution is 2.30. The first-order chi connectivity index (χ1) is 12.7. The number of aromatic nitrogens is 2. The van der Waals surface area contributed by atoms with Crippen molar-refractivity contribution < 1.29 is 4.42 Å². The van der Waals surface area contributed by atoms with E-state index < -0.39 is 0 Å². The quantitative estimate of drug-likeness (QED) is 0.477. The standard InChI is InChI=1S/C20H17N5O/c21-18-9-14(15-6-7-26-12-15)4-5-19(18)25-17-3-1-2-13(8-17)16-10-23-20(22)24-11-16/h1-12,25H,21H2,(H2,22,23,24). The molecule has 0 saturated carbocycles. The van der Waals surface area contributed by atoms with E-state index in [-0.39, 0.29) is 5.95 Å². The summed E-state index contributed by atoms with van der Waals surface area (Å²) in [5.74, 6) is 0.258. The molecule has 6 nitrogen and oxygen atoms in total. The third-order valence-corrected chi connectivity index (χ3v) is 4.05. The van der Waals surface area contributed by atoms with Crippen LogP contribution >= 0.6 is 0 Å². The molecule has 2 aromatic heterocycles. The van der Waals surface area contributed by atoms with Gasteiger partial charge in [0.1, 0.15) is 0 Å². The second-order valence-corrected chi connectivity index (χ2v) is 5.85. The van der Waals surface area contributed by atoms with Gasteiger partial charge >= 0.3 is 0 Å². The number of hydrogen-bond acceptors (Lipinski definition) is 6. The van der Waals surface area contributed by atoms with Gasteiger partial charge in [0.25, 0.3) is 0 Å². The molecule has 0 radical (unpaired) electrons. The molecule has 0 aliphatic heterocycles. The molecule has 0 unspecified atom stereocenters. The van der Waals surface area contributed by atoms with E-state index in [1.54, 1.807) is 24.9 Å². The van der Waals surface area contributed by atoms with Gasteiger partial charge in [-0.2, -0.15) is 0 Å². The van der Waals surface area contributed by atoms with E-state index in [2.05, 4.69) is 15.3 Å². The second-order valence-electron chi connectivity index (χ2n) is 5.85. The Hall–Kier alpha value is -3.80. The Morgan fingerprint density at radius 1 is 0.808 bits per heavy atom. The van der Waals surface area contributed by atoms with Crippen molar-refractivity contribution in [3.05, 3.63) is 73.5 Å². The Balaban J connectivity index is 1.59. The van der Waals surface area contributed by atoms with Gasteiger partial charge in [-0.3, -0.25) is 0 Å². The monoisotopic (exact) mass is 343 g/mol. The van der Waals surface area contributed by atoms with Gasteiger partial charge in [0, 0.05) is 29.2 Å². The Labute approximate surface area is 150 Å². The predicted molar refractivity (Wildman–Crippen MR) is 104 cm³/mol. The summed E-state index contributed by atoms with van der Waals surface area (Å²) >= 11 is 0. The molecule has 0 aliphatic carbocycles. The van der Waals surface area contributed by atoms with Crippen LogP contribution in [0, 0.1) is 0 Å². The normalized spacial score (nSPS) is 10.6. The lowest BCUT2D eigenvalue weighted by Crippen LogP contribution is -1.97. The molecule has 6 heteroatoms. The zero-order valence-electron chi connectivity index (χ0n) is 13.9. The summed E-state index contributed by atoms with van der Waals surface area (Å²) in [7, 11) is 0. The van der Waals surface area contributed by atoms with Gasteiger partial charge in [-0.15, -0.1) is 0 Å². The summed E-state index contributed by atoms with van der Waals surface area (Å²) in [6, 6.07) is 15.7. The fourth-order valence-electron chi connectivity index (χ4n) is 2.70. The number of rotatable bonds is 4. The number of nitrogens with one attached hydrogen (secondary N) is 1. The lowest BCUT2D eigenvalue weighted by molar-refractivity contribution is 0.568. The van der Waals surface area contributed by atoms with Crippen LogP contribution in [0.3, 0.4) is 0 Å². The van der Waals surface area contributed by atoms with Gasteiger partial charge in [-0.1, -0.05) is 18.2 Å². The largest absolute Gasteiger partial charge is 0.472 e. The average Bonchev–Trinajstić information content (AvgIpc) is 3.19. The van der Waals surface area contributed by atoms with E-state index in [9.17, 15) is 0 Å². The van der Waals surface area contributed by atoms with Crippen molar-refractivity contribution in [2.75, 3.05) is 16.8 Å². The van der Waals surface area contributed by atoms with Crippen LogP contribution < -0.4 is 16.8 Å². The second kappa shape index (κ2) is 6.60. The van der Waals surface area contributed by atoms with Crippen LogP contribution in [0.15, 0.2) is 77.9 Å². The molecule has 4 aromatic rings. The van der Waals surface area contributed by atoms with E-state index in [1.165, 1.54) is 0 Å². The first-order valence-corrected chi connectivity index (χ1v) is 8.06. The molecule has 2 aromatic carbocycles. The van der Waals surface area contributed by atoms with Gasteiger partial charge in [0.2, 0.25) is 5.95 Å². The molecular weight excluding hydrogens is 326 g/mol. The van der Waals surface area contributed by atoms with Gasteiger partial charge < -0.3 is 21.2 Å². The predicted octanol–water partition coefficient (Wildman–Crippen LogP) is 4.31. The van der Waals surface area contributed by atoms with Gasteiger partial charge in [-0.25, -0.2) is 9.97 Å². The van der Waals surface area contributed by atoms with Crippen LogP contribution in [0.2, 0.25) is 0 Å². The molecule has 0 bridgehead atoms. The molecule has 0 aliphatic rings. The van der Waals surface area contributed by atoms with Gasteiger partial charge in [0.05, 0.1) is 23.9 Å². The minimum Gasteiger partial charge on any atom is -0.472 e. The molecule has 0 spiro atoms. The minimum absolute atomic E-state index is 0.258. The number of furan rings is 1. The highest BCUT2D eigenvalue weighted by molar-refractivity contribution is 5.80. The first kappa shape index (κ1) is 15.7. The van der Waals surface area contributed by atoms with Crippen molar-refractivity contribution in [3.8, 4) is 22.3 Å². The maximum Gasteiger partial charge on any atom is 0.219 e. The third-order valence-electron chi connectivity index (χ3n) is 4.05. The van der Waals surface area contributed by atoms with E-state index in [1.807, 2.05) is 48.5 Å². The maximum absolute atomic E-state index is 6.21. The molecule has 26 heavy (non-hydrogen) atoms. The fourth-order valence-corrected chi connectivity index (χ4v) is 2.70. The van der Waals surface area contributed by atoms with Crippen molar-refractivity contribution in [2.24, 2.45) is 0 Å². The van der Waals surface area contributed by atoms with E-state index in [0.29, 0.717) is 5.69 Å². The lowest BCUT2D eigenvalue weighted by atomic mass is 10.1. The van der Waals surface area contributed by atoms with Gasteiger partial charge in [0.15, 0.2) is 0 Å². The van der Waals surface area contributed by atoms with Gasteiger partial charge in [-0.05, 0) is 41.5 Å². The Bertz CT molecular complexity index is 1030. The van der Waals surface area contributed by atoms with Crippen molar-refractivity contribution in [3.63, 3.8) is 0 Å². The topological polar surface area (TPSA) is 103 Å². The van der Waals surface area contributed by atoms with Crippen molar-refractivity contribution in [1.82, 2.24) is 9.97 Å². The molecule has 0 saturated heterocycles. The summed E-state index contributed by atoms with van der Waals surface area (Å²) in [6.07, 6.45) is 6.75. The molecule has 2 heterocycles. The van der Waals surface area contributed by atoms with Crippen LogP contribution in [-0.2, 0) is 0 Å². The van der Waals surface area contributed by atoms with E-state index >= 15 is 0 Å². The molecule has 4 rings (SSSR count). The highest BCUT2D eigenvalue weighted by Gasteiger charge is 2.06. The lowest BCUT2D eigenvalue weighted by Gasteiger charge is -2.12. The number of benzene rings is 2. The number of nitrogens with two attached hydrogens (primary N) is 2. The summed E-state index contributed by atoms with van der Waals surface area (Å²) in [5, 5.41) is 3.35. The maximum atomic E-state index is 6.21. The minimum atomic E-state index is 0.258. The molecule has 5 N–H and O–H groups in total.